The lowest BCUT2D eigenvalue weighted by Gasteiger charge is -2.31. The van der Waals surface area contributed by atoms with E-state index in [1.54, 1.807) is 4.68 Å². The van der Waals surface area contributed by atoms with Crippen LogP contribution in [0.5, 0.6) is 0 Å². The molecule has 182 valence electrons. The van der Waals surface area contributed by atoms with Crippen molar-refractivity contribution >= 4 is 10.9 Å². The average Bonchev–Trinajstić information content (AvgIpc) is 3.25. The van der Waals surface area contributed by atoms with E-state index in [1.807, 2.05) is 18.3 Å². The first-order valence-corrected chi connectivity index (χ1v) is 12.2. The van der Waals surface area contributed by atoms with Crippen molar-refractivity contribution in [3.05, 3.63) is 82.7 Å². The molecule has 3 aromatic rings. The molecule has 0 saturated carbocycles. The Morgan fingerprint density at radius 2 is 1.74 bits per heavy atom. The van der Waals surface area contributed by atoms with Gasteiger partial charge in [-0.3, -0.25) is 4.90 Å². The summed E-state index contributed by atoms with van der Waals surface area (Å²) < 4.78 is 63.7. The fourth-order valence-electron chi connectivity index (χ4n) is 4.24. The predicted molar refractivity (Wildman–Crippen MR) is 121 cm³/mol. The van der Waals surface area contributed by atoms with Gasteiger partial charge in [0.05, 0.1) is 24.0 Å². The third kappa shape index (κ3) is 6.64. The molecule has 0 aliphatic carbocycles. The molecule has 1 aliphatic heterocycles. The number of halogens is 3. The molecule has 34 heavy (non-hydrogen) atoms. The molecule has 0 spiro atoms. The van der Waals surface area contributed by atoms with Gasteiger partial charge in [-0.1, -0.05) is 41.6 Å². The number of aromatic nitrogens is 3. The number of likely N-dealkylation sites (tertiary alicyclic amines) is 1. The van der Waals surface area contributed by atoms with Gasteiger partial charge in [-0.25, -0.2) is 17.8 Å². The maximum Gasteiger partial charge on any atom is 0.416 e. The molecule has 11 heteroatoms. The first-order valence-electron chi connectivity index (χ1n) is 11.0. The summed E-state index contributed by atoms with van der Waals surface area (Å²) in [6.45, 7) is 3.14. The van der Waals surface area contributed by atoms with Crippen LogP contribution in [0.3, 0.4) is 0 Å². The highest BCUT2D eigenvalue weighted by Crippen LogP contribution is 2.30. The standard InChI is InChI=1S/C23H26F3N5O2S/c24-23(25,26)21-6-4-17(5-7-21)14-31-16-22(28-29-31)15-30-10-8-19(9-11-30)20-3-1-2-18(12-20)13-27-34(32)33/h1-7,12,16,19,34H,8-11,13-15H2,(H,27,32,33). The molecular weight excluding hydrogens is 467 g/mol. The van der Waals surface area contributed by atoms with Gasteiger partial charge >= 0.3 is 6.18 Å². The molecule has 0 amide bonds. The SMILES string of the molecule is O=[SH](=O)NCc1cccc(C2CCN(Cc3cn(Cc4ccc(C(F)(F)F)cc4)nn3)CC2)c1. The molecule has 2 aromatic carbocycles. The molecular formula is C23H26F3N5O2S. The Balaban J connectivity index is 1.28. The van der Waals surface area contributed by atoms with Crippen molar-refractivity contribution in [2.75, 3.05) is 13.1 Å². The van der Waals surface area contributed by atoms with Crippen LogP contribution < -0.4 is 4.72 Å². The summed E-state index contributed by atoms with van der Waals surface area (Å²) in [7, 11) is -2.61. The number of rotatable bonds is 8. The van der Waals surface area contributed by atoms with Gasteiger partial charge in [0.25, 0.3) is 0 Å². The summed E-state index contributed by atoms with van der Waals surface area (Å²) in [6, 6.07) is 13.1. The van der Waals surface area contributed by atoms with E-state index in [9.17, 15) is 21.6 Å². The minimum absolute atomic E-state index is 0.299. The summed E-state index contributed by atoms with van der Waals surface area (Å²) >= 11 is 0. The van der Waals surface area contributed by atoms with Crippen molar-refractivity contribution in [3.8, 4) is 0 Å². The van der Waals surface area contributed by atoms with Crippen molar-refractivity contribution in [1.29, 1.82) is 0 Å². The molecule has 0 unspecified atom stereocenters. The second-order valence-electron chi connectivity index (χ2n) is 8.49. The van der Waals surface area contributed by atoms with E-state index in [0.29, 0.717) is 25.6 Å². The average molecular weight is 494 g/mol. The zero-order chi connectivity index (χ0) is 24.1. The smallest absolute Gasteiger partial charge is 0.297 e. The first kappa shape index (κ1) is 24.4. The number of benzene rings is 2. The second-order valence-corrected chi connectivity index (χ2v) is 9.32. The topological polar surface area (TPSA) is 80.1 Å². The normalized spacial score (nSPS) is 15.8. The molecule has 4 rings (SSSR count). The fourth-order valence-corrected chi connectivity index (χ4v) is 4.55. The predicted octanol–water partition coefficient (Wildman–Crippen LogP) is 3.34. The number of piperidine rings is 1. The largest absolute Gasteiger partial charge is 0.416 e. The molecule has 1 fully saturated rings. The Kier molecular flexibility index (Phi) is 7.64. The van der Waals surface area contributed by atoms with E-state index in [0.717, 1.165) is 54.9 Å². The van der Waals surface area contributed by atoms with Crippen LogP contribution >= 0.6 is 0 Å². The maximum absolute atomic E-state index is 12.7. The highest BCUT2D eigenvalue weighted by molar-refractivity contribution is 7.70. The highest BCUT2D eigenvalue weighted by Gasteiger charge is 2.30. The first-order chi connectivity index (χ1) is 16.3. The van der Waals surface area contributed by atoms with E-state index < -0.39 is 22.6 Å². The number of thiol groups is 1. The molecule has 7 nitrogen and oxygen atoms in total. The fraction of sp³-hybridized carbons (Fsp3) is 0.391. The van der Waals surface area contributed by atoms with Crippen LogP contribution in [0.15, 0.2) is 54.7 Å². The lowest BCUT2D eigenvalue weighted by atomic mass is 9.88. The Labute approximate surface area is 197 Å². The summed E-state index contributed by atoms with van der Waals surface area (Å²) in [6.07, 6.45) is -0.522. The quantitative estimate of drug-likeness (QED) is 0.471. The number of nitrogens with one attached hydrogen (secondary N) is 1. The van der Waals surface area contributed by atoms with Crippen LogP contribution in [0.4, 0.5) is 13.2 Å². The van der Waals surface area contributed by atoms with Crippen molar-refractivity contribution in [3.63, 3.8) is 0 Å². The lowest BCUT2D eigenvalue weighted by Crippen LogP contribution is -2.32. The van der Waals surface area contributed by atoms with Crippen LogP contribution in [0, 0.1) is 0 Å². The zero-order valence-electron chi connectivity index (χ0n) is 18.4. The van der Waals surface area contributed by atoms with Gasteiger partial charge in [-0.2, -0.15) is 13.2 Å². The summed E-state index contributed by atoms with van der Waals surface area (Å²) in [4.78, 5) is 2.32. The number of hydrogen-bond acceptors (Lipinski definition) is 5. The van der Waals surface area contributed by atoms with Gasteiger partial charge in [0.1, 0.15) is 0 Å². The van der Waals surface area contributed by atoms with Gasteiger partial charge < -0.3 is 0 Å². The Hall–Kier alpha value is -2.76. The van der Waals surface area contributed by atoms with Crippen LogP contribution in [-0.4, -0.2) is 41.4 Å². The Morgan fingerprint density at radius 3 is 2.41 bits per heavy atom. The zero-order valence-corrected chi connectivity index (χ0v) is 19.3. The maximum atomic E-state index is 12.7. The molecule has 1 aliphatic rings. The van der Waals surface area contributed by atoms with Crippen LogP contribution in [0.25, 0.3) is 0 Å². The van der Waals surface area contributed by atoms with Crippen LogP contribution in [0.1, 0.15) is 46.7 Å². The lowest BCUT2D eigenvalue weighted by molar-refractivity contribution is -0.137. The van der Waals surface area contributed by atoms with E-state index in [4.69, 9.17) is 0 Å². The van der Waals surface area contributed by atoms with Crippen LogP contribution in [0.2, 0.25) is 0 Å². The molecule has 1 N–H and O–H groups in total. The number of hydrogen-bond donors (Lipinski definition) is 2. The van der Waals surface area contributed by atoms with Crippen molar-refractivity contribution < 1.29 is 21.6 Å². The van der Waals surface area contributed by atoms with Gasteiger partial charge in [0.15, 0.2) is 0 Å². The third-order valence-electron chi connectivity index (χ3n) is 6.02. The van der Waals surface area contributed by atoms with Gasteiger partial charge in [-0.15, -0.1) is 5.10 Å². The minimum atomic E-state index is -4.34. The monoisotopic (exact) mass is 493 g/mol. The molecule has 0 atom stereocenters. The Bertz CT molecular complexity index is 1160. The summed E-state index contributed by atoms with van der Waals surface area (Å²) in [5, 5.41) is 8.34. The molecule has 0 radical (unpaired) electrons. The molecule has 0 bridgehead atoms. The van der Waals surface area contributed by atoms with E-state index in [2.05, 4.69) is 32.1 Å². The van der Waals surface area contributed by atoms with Gasteiger partial charge in [0, 0.05) is 13.1 Å². The molecule has 1 saturated heterocycles. The highest BCUT2D eigenvalue weighted by atomic mass is 32.2. The minimum Gasteiger partial charge on any atom is -0.297 e. The molecule has 1 aromatic heterocycles. The van der Waals surface area contributed by atoms with Crippen molar-refractivity contribution in [2.24, 2.45) is 0 Å². The van der Waals surface area contributed by atoms with Crippen LogP contribution in [-0.2, 0) is 36.7 Å². The summed E-state index contributed by atoms with van der Waals surface area (Å²) in [5.41, 5.74) is 3.06. The second kappa shape index (κ2) is 10.7. The number of alkyl halides is 3. The van der Waals surface area contributed by atoms with Crippen molar-refractivity contribution in [2.45, 2.75) is 44.6 Å². The van der Waals surface area contributed by atoms with E-state index in [1.165, 1.54) is 17.7 Å². The van der Waals surface area contributed by atoms with Crippen molar-refractivity contribution in [1.82, 2.24) is 24.6 Å². The van der Waals surface area contributed by atoms with E-state index in [-0.39, 0.29) is 0 Å². The van der Waals surface area contributed by atoms with Gasteiger partial charge in [0.2, 0.25) is 10.9 Å². The third-order valence-corrected chi connectivity index (χ3v) is 6.44. The van der Waals surface area contributed by atoms with Gasteiger partial charge in [-0.05, 0) is 60.7 Å². The molecule has 2 heterocycles. The number of nitrogens with zero attached hydrogens (tertiary/aromatic N) is 4. The Morgan fingerprint density at radius 1 is 1.00 bits per heavy atom. The van der Waals surface area contributed by atoms with E-state index >= 15 is 0 Å². The summed E-state index contributed by atoms with van der Waals surface area (Å²) in [5.74, 6) is 0.424.